The van der Waals surface area contributed by atoms with Crippen molar-refractivity contribution in [3.8, 4) is 0 Å². The Hall–Kier alpha value is -3.35. The van der Waals surface area contributed by atoms with Crippen LogP contribution in [-0.2, 0) is 6.42 Å². The van der Waals surface area contributed by atoms with E-state index in [1.165, 1.54) is 12.1 Å². The van der Waals surface area contributed by atoms with Crippen molar-refractivity contribution < 1.29 is 13.6 Å². The number of anilines is 2. The van der Waals surface area contributed by atoms with Crippen molar-refractivity contribution >= 4 is 17.4 Å². The summed E-state index contributed by atoms with van der Waals surface area (Å²) in [5.74, 6) is -1.77. The second kappa shape index (κ2) is 8.15. The molecule has 7 heteroatoms. The second-order valence-corrected chi connectivity index (χ2v) is 5.50. The van der Waals surface area contributed by atoms with E-state index in [0.29, 0.717) is 13.0 Å². The van der Waals surface area contributed by atoms with Gasteiger partial charge in [-0.1, -0.05) is 36.4 Å². The van der Waals surface area contributed by atoms with Gasteiger partial charge in [-0.05, 0) is 24.1 Å². The number of carbonyl (C=O) groups is 1. The highest BCUT2D eigenvalue weighted by Crippen LogP contribution is 2.21. The van der Waals surface area contributed by atoms with Crippen LogP contribution in [0.15, 0.2) is 60.9 Å². The first kappa shape index (κ1) is 17.5. The van der Waals surface area contributed by atoms with Gasteiger partial charge in [-0.15, -0.1) is 0 Å². The number of halogens is 2. The molecule has 0 aliphatic rings. The van der Waals surface area contributed by atoms with Crippen molar-refractivity contribution in [3.63, 3.8) is 0 Å². The first-order valence-corrected chi connectivity index (χ1v) is 7.98. The van der Waals surface area contributed by atoms with E-state index >= 15 is 0 Å². The fraction of sp³-hybridized carbons (Fsp3) is 0.105. The molecule has 0 unspecified atom stereocenters. The molecule has 0 atom stereocenters. The highest BCUT2D eigenvalue weighted by atomic mass is 19.1. The zero-order chi connectivity index (χ0) is 18.4. The molecular formula is C19H16F2N4O. The minimum absolute atomic E-state index is 0.104. The van der Waals surface area contributed by atoms with Crippen molar-refractivity contribution in [2.45, 2.75) is 6.42 Å². The molecule has 0 saturated heterocycles. The molecule has 0 spiro atoms. The Bertz CT molecular complexity index is 883. The van der Waals surface area contributed by atoms with Gasteiger partial charge in [-0.2, -0.15) is 0 Å². The molecule has 1 aromatic heterocycles. The molecule has 0 saturated carbocycles. The number of aromatic nitrogens is 2. The summed E-state index contributed by atoms with van der Waals surface area (Å²) in [7, 11) is 0. The topological polar surface area (TPSA) is 66.9 Å². The maximum atomic E-state index is 13.7. The van der Waals surface area contributed by atoms with Gasteiger partial charge in [0.2, 0.25) is 0 Å². The van der Waals surface area contributed by atoms with Crippen LogP contribution < -0.4 is 10.6 Å². The van der Waals surface area contributed by atoms with Gasteiger partial charge in [0.25, 0.3) is 5.91 Å². The molecular weight excluding hydrogens is 338 g/mol. The maximum absolute atomic E-state index is 13.7. The van der Waals surface area contributed by atoms with Crippen molar-refractivity contribution in [1.29, 1.82) is 0 Å². The Morgan fingerprint density at radius 3 is 2.42 bits per heavy atom. The van der Waals surface area contributed by atoms with Crippen LogP contribution >= 0.6 is 0 Å². The van der Waals surface area contributed by atoms with Crippen molar-refractivity contribution in [2.24, 2.45) is 0 Å². The predicted molar refractivity (Wildman–Crippen MR) is 94.2 cm³/mol. The fourth-order valence-electron chi connectivity index (χ4n) is 2.35. The Balaban J connectivity index is 1.64. The molecule has 1 heterocycles. The van der Waals surface area contributed by atoms with E-state index in [-0.39, 0.29) is 23.1 Å². The van der Waals surface area contributed by atoms with Gasteiger partial charge < -0.3 is 10.6 Å². The molecule has 0 aliphatic carbocycles. The number of nitrogens with one attached hydrogen (secondary N) is 2. The molecule has 0 bridgehead atoms. The summed E-state index contributed by atoms with van der Waals surface area (Å²) >= 11 is 0. The van der Waals surface area contributed by atoms with Gasteiger partial charge in [0.15, 0.2) is 0 Å². The Labute approximate surface area is 149 Å². The molecule has 3 aromatic rings. The van der Waals surface area contributed by atoms with E-state index in [2.05, 4.69) is 20.6 Å². The number of nitrogens with zero attached hydrogens (tertiary/aromatic N) is 2. The highest BCUT2D eigenvalue weighted by Gasteiger charge is 2.12. The van der Waals surface area contributed by atoms with E-state index in [4.69, 9.17) is 0 Å². The number of benzene rings is 2. The third kappa shape index (κ3) is 4.38. The zero-order valence-electron chi connectivity index (χ0n) is 13.7. The first-order chi connectivity index (χ1) is 12.6. The molecule has 3 rings (SSSR count). The average molecular weight is 354 g/mol. The van der Waals surface area contributed by atoms with Gasteiger partial charge in [-0.25, -0.2) is 18.7 Å². The van der Waals surface area contributed by atoms with E-state index in [9.17, 15) is 13.6 Å². The quantitative estimate of drug-likeness (QED) is 0.711. The fourth-order valence-corrected chi connectivity index (χ4v) is 2.35. The minimum atomic E-state index is -0.752. The Morgan fingerprint density at radius 1 is 0.962 bits per heavy atom. The average Bonchev–Trinajstić information content (AvgIpc) is 2.66. The lowest BCUT2D eigenvalue weighted by Crippen LogP contribution is -2.26. The summed E-state index contributed by atoms with van der Waals surface area (Å²) in [6, 6.07) is 14.6. The van der Waals surface area contributed by atoms with Crippen molar-refractivity contribution in [1.82, 2.24) is 15.3 Å². The van der Waals surface area contributed by atoms with Crippen LogP contribution in [0.4, 0.5) is 20.3 Å². The lowest BCUT2D eigenvalue weighted by molar-refractivity contribution is 0.0949. The molecule has 0 radical (unpaired) electrons. The van der Waals surface area contributed by atoms with E-state index < -0.39 is 11.6 Å². The summed E-state index contributed by atoms with van der Waals surface area (Å²) in [6.07, 6.45) is 1.84. The van der Waals surface area contributed by atoms with Crippen LogP contribution in [0.3, 0.4) is 0 Å². The van der Waals surface area contributed by atoms with Gasteiger partial charge >= 0.3 is 0 Å². The molecule has 132 valence electrons. The summed E-state index contributed by atoms with van der Waals surface area (Å²) < 4.78 is 27.4. The van der Waals surface area contributed by atoms with E-state index in [1.807, 2.05) is 30.3 Å². The highest BCUT2D eigenvalue weighted by molar-refractivity contribution is 5.92. The van der Waals surface area contributed by atoms with Crippen LogP contribution in [0, 0.1) is 11.6 Å². The number of hydrogen-bond donors (Lipinski definition) is 2. The van der Waals surface area contributed by atoms with Gasteiger partial charge in [0.1, 0.15) is 35.2 Å². The molecule has 26 heavy (non-hydrogen) atoms. The summed E-state index contributed by atoms with van der Waals surface area (Å²) in [6.45, 7) is 0.442. The number of amides is 1. The standard InChI is InChI=1S/C19H16F2N4O/c20-14-7-4-8-15(21)18(14)25-17-11-16(23-12-24-17)19(26)22-10-9-13-5-2-1-3-6-13/h1-8,11-12H,9-10H2,(H,22,26)(H,23,24,25). The summed E-state index contributed by atoms with van der Waals surface area (Å²) in [5.41, 5.74) is 0.877. The number of hydrogen-bond acceptors (Lipinski definition) is 4. The van der Waals surface area contributed by atoms with Crippen LogP contribution in [0.5, 0.6) is 0 Å². The van der Waals surface area contributed by atoms with Crippen molar-refractivity contribution in [2.75, 3.05) is 11.9 Å². The van der Waals surface area contributed by atoms with Crippen molar-refractivity contribution in [3.05, 3.63) is 83.8 Å². The minimum Gasteiger partial charge on any atom is -0.350 e. The lowest BCUT2D eigenvalue weighted by atomic mass is 10.1. The summed E-state index contributed by atoms with van der Waals surface area (Å²) in [5, 5.41) is 5.29. The largest absolute Gasteiger partial charge is 0.350 e. The monoisotopic (exact) mass is 354 g/mol. The molecule has 2 N–H and O–H groups in total. The number of carbonyl (C=O) groups excluding carboxylic acids is 1. The SMILES string of the molecule is O=C(NCCc1ccccc1)c1cc(Nc2c(F)cccc2F)ncn1. The van der Waals surface area contributed by atoms with Crippen LogP contribution in [-0.4, -0.2) is 22.4 Å². The predicted octanol–water partition coefficient (Wildman–Crippen LogP) is 3.47. The van der Waals surface area contributed by atoms with Gasteiger partial charge in [0, 0.05) is 12.6 Å². The molecule has 2 aromatic carbocycles. The molecule has 5 nitrogen and oxygen atoms in total. The van der Waals surface area contributed by atoms with E-state index in [1.54, 1.807) is 0 Å². The zero-order valence-corrected chi connectivity index (χ0v) is 13.7. The third-order valence-electron chi connectivity index (χ3n) is 3.66. The third-order valence-corrected chi connectivity index (χ3v) is 3.66. The summed E-state index contributed by atoms with van der Waals surface area (Å²) in [4.78, 5) is 20.0. The molecule has 0 aliphatic heterocycles. The molecule has 0 fully saturated rings. The first-order valence-electron chi connectivity index (χ1n) is 7.98. The van der Waals surface area contributed by atoms with Gasteiger partial charge in [-0.3, -0.25) is 4.79 Å². The molecule has 1 amide bonds. The van der Waals surface area contributed by atoms with Crippen LogP contribution in [0.25, 0.3) is 0 Å². The normalized spacial score (nSPS) is 10.4. The van der Waals surface area contributed by atoms with Crippen LogP contribution in [0.2, 0.25) is 0 Å². The second-order valence-electron chi connectivity index (χ2n) is 5.50. The van der Waals surface area contributed by atoms with Gasteiger partial charge in [0.05, 0.1) is 0 Å². The Kier molecular flexibility index (Phi) is 5.48. The van der Waals surface area contributed by atoms with Crippen LogP contribution in [0.1, 0.15) is 16.1 Å². The number of rotatable bonds is 6. The Morgan fingerprint density at radius 2 is 1.69 bits per heavy atom. The van der Waals surface area contributed by atoms with E-state index in [0.717, 1.165) is 24.0 Å². The number of para-hydroxylation sites is 1. The lowest BCUT2D eigenvalue weighted by Gasteiger charge is -2.09. The maximum Gasteiger partial charge on any atom is 0.270 e. The smallest absolute Gasteiger partial charge is 0.270 e.